The van der Waals surface area contributed by atoms with Gasteiger partial charge in [0.05, 0.1) is 28.5 Å². The molecule has 0 N–H and O–H groups in total. The van der Waals surface area contributed by atoms with Crippen molar-refractivity contribution in [1.29, 1.82) is 0 Å². The van der Waals surface area contributed by atoms with Crippen LogP contribution in [0.3, 0.4) is 0 Å². The van der Waals surface area contributed by atoms with E-state index in [1.54, 1.807) is 23.9 Å². The Kier molecular flexibility index (Phi) is 4.18. The van der Waals surface area contributed by atoms with E-state index in [-0.39, 0.29) is 5.56 Å². The van der Waals surface area contributed by atoms with Crippen molar-refractivity contribution in [2.45, 2.75) is 13.8 Å². The summed E-state index contributed by atoms with van der Waals surface area (Å²) in [5, 5.41) is 11.6. The molecule has 0 aliphatic rings. The van der Waals surface area contributed by atoms with E-state index in [0.29, 0.717) is 26.8 Å². The van der Waals surface area contributed by atoms with Gasteiger partial charge in [-0.2, -0.15) is 14.9 Å². The predicted molar refractivity (Wildman–Crippen MR) is 105 cm³/mol. The molecule has 0 saturated carbocycles. The van der Waals surface area contributed by atoms with Gasteiger partial charge in [-0.25, -0.2) is 9.67 Å². The second-order valence-electron chi connectivity index (χ2n) is 5.70. The quantitative estimate of drug-likeness (QED) is 0.505. The van der Waals surface area contributed by atoms with Gasteiger partial charge in [0.1, 0.15) is 15.8 Å². The minimum Gasteiger partial charge on any atom is -0.267 e. The van der Waals surface area contributed by atoms with Crippen molar-refractivity contribution in [3.63, 3.8) is 0 Å². The normalized spacial score (nSPS) is 11.7. The van der Waals surface area contributed by atoms with Crippen LogP contribution in [0, 0.1) is 13.8 Å². The van der Waals surface area contributed by atoms with E-state index < -0.39 is 0 Å². The summed E-state index contributed by atoms with van der Waals surface area (Å²) in [6.07, 6.45) is 1.55. The third kappa shape index (κ3) is 2.75. The second-order valence-corrected chi connectivity index (χ2v) is 6.95. The summed E-state index contributed by atoms with van der Waals surface area (Å²) < 4.78 is 2.93. The van der Waals surface area contributed by atoms with Crippen LogP contribution >= 0.6 is 22.9 Å². The van der Waals surface area contributed by atoms with E-state index in [9.17, 15) is 4.79 Å². The molecule has 8 heteroatoms. The fourth-order valence-electron chi connectivity index (χ4n) is 2.66. The predicted octanol–water partition coefficient (Wildman–Crippen LogP) is 3.80. The lowest BCUT2D eigenvalue weighted by Crippen LogP contribution is -2.19. The van der Waals surface area contributed by atoms with E-state index in [2.05, 4.69) is 15.2 Å². The van der Waals surface area contributed by atoms with Gasteiger partial charge >= 0.3 is 0 Å². The van der Waals surface area contributed by atoms with Crippen LogP contribution in [0.15, 0.2) is 51.7 Å². The first-order valence-corrected chi connectivity index (χ1v) is 9.14. The average Bonchev–Trinajstić information content (AvgIpc) is 3.21. The second kappa shape index (κ2) is 6.51. The van der Waals surface area contributed by atoms with Gasteiger partial charge in [-0.05, 0) is 37.4 Å². The van der Waals surface area contributed by atoms with E-state index in [4.69, 9.17) is 11.6 Å². The monoisotopic (exact) mass is 383 g/mol. The van der Waals surface area contributed by atoms with Gasteiger partial charge in [0.25, 0.3) is 5.56 Å². The van der Waals surface area contributed by atoms with Crippen LogP contribution in [-0.2, 0) is 0 Å². The Labute approximate surface area is 158 Å². The van der Waals surface area contributed by atoms with E-state index in [0.717, 1.165) is 11.4 Å². The van der Waals surface area contributed by atoms with E-state index in [1.807, 2.05) is 42.6 Å². The van der Waals surface area contributed by atoms with Gasteiger partial charge < -0.3 is 0 Å². The maximum atomic E-state index is 12.6. The molecule has 0 atom stereocenters. The average molecular weight is 384 g/mol. The molecule has 1 aromatic carbocycles. The smallest absolute Gasteiger partial charge is 0.267 e. The maximum absolute atomic E-state index is 12.6. The molecular formula is C18H14ClN5OS. The Morgan fingerprint density at radius 1 is 1.19 bits per heavy atom. The molecule has 130 valence electrons. The highest BCUT2D eigenvalue weighted by Gasteiger charge is 2.14. The Morgan fingerprint density at radius 2 is 1.96 bits per heavy atom. The lowest BCUT2D eigenvalue weighted by atomic mass is 10.3. The van der Waals surface area contributed by atoms with Gasteiger partial charge in [0.15, 0.2) is 0 Å². The van der Waals surface area contributed by atoms with E-state index in [1.165, 1.54) is 16.0 Å². The lowest BCUT2D eigenvalue weighted by molar-refractivity contribution is 0.772. The number of nitrogens with zero attached hydrogens (tertiary/aromatic N) is 5. The molecule has 0 aliphatic carbocycles. The van der Waals surface area contributed by atoms with Crippen LogP contribution < -0.4 is 5.56 Å². The first-order valence-electron chi connectivity index (χ1n) is 7.88. The first-order chi connectivity index (χ1) is 12.6. The number of hydrogen-bond donors (Lipinski definition) is 0. The number of aryl methyl sites for hydroxylation is 2. The molecule has 3 aromatic heterocycles. The Morgan fingerprint density at radius 3 is 2.73 bits per heavy atom. The number of fused-ring (bicyclic) bond motifs is 1. The summed E-state index contributed by atoms with van der Waals surface area (Å²) >= 11 is 7.93. The van der Waals surface area contributed by atoms with Crippen LogP contribution in [-0.4, -0.2) is 25.7 Å². The Balaban J connectivity index is 1.79. The third-order valence-corrected chi connectivity index (χ3v) is 5.16. The molecule has 0 saturated heterocycles. The van der Waals surface area contributed by atoms with Crippen LogP contribution in [0.2, 0.25) is 5.15 Å². The lowest BCUT2D eigenvalue weighted by Gasteiger charge is -2.03. The van der Waals surface area contributed by atoms with Gasteiger partial charge in [-0.3, -0.25) is 4.79 Å². The molecule has 0 spiro atoms. The fraction of sp³-hybridized carbons (Fsp3) is 0.111. The zero-order chi connectivity index (χ0) is 18.3. The van der Waals surface area contributed by atoms with Crippen molar-refractivity contribution in [2.24, 2.45) is 5.10 Å². The van der Waals surface area contributed by atoms with E-state index >= 15 is 0 Å². The van der Waals surface area contributed by atoms with Crippen LogP contribution in [0.5, 0.6) is 0 Å². The van der Waals surface area contributed by atoms with Crippen molar-refractivity contribution in [3.8, 4) is 5.69 Å². The van der Waals surface area contributed by atoms with Crippen molar-refractivity contribution in [1.82, 2.24) is 19.4 Å². The van der Waals surface area contributed by atoms with Crippen LogP contribution in [0.4, 0.5) is 0 Å². The summed E-state index contributed by atoms with van der Waals surface area (Å²) in [5.74, 6) is 0.519. The number of para-hydroxylation sites is 1. The molecule has 3 heterocycles. The summed E-state index contributed by atoms with van der Waals surface area (Å²) in [7, 11) is 0. The van der Waals surface area contributed by atoms with Crippen LogP contribution in [0.25, 0.3) is 15.9 Å². The molecule has 0 radical (unpaired) electrons. The number of aromatic nitrogens is 4. The Bertz CT molecular complexity index is 1190. The highest BCUT2D eigenvalue weighted by atomic mass is 35.5. The van der Waals surface area contributed by atoms with Crippen molar-refractivity contribution >= 4 is 39.4 Å². The van der Waals surface area contributed by atoms with Crippen LogP contribution in [0.1, 0.15) is 17.1 Å². The minimum absolute atomic E-state index is 0.200. The molecular weight excluding hydrogens is 370 g/mol. The summed E-state index contributed by atoms with van der Waals surface area (Å²) in [4.78, 5) is 17.7. The zero-order valence-electron chi connectivity index (χ0n) is 14.0. The minimum atomic E-state index is -0.200. The topological polar surface area (TPSA) is 65.1 Å². The van der Waals surface area contributed by atoms with Gasteiger partial charge in [0.2, 0.25) is 0 Å². The molecule has 0 bridgehead atoms. The highest BCUT2D eigenvalue weighted by Crippen LogP contribution is 2.22. The first kappa shape index (κ1) is 16.7. The summed E-state index contributed by atoms with van der Waals surface area (Å²) in [6.45, 7) is 3.60. The molecule has 0 fully saturated rings. The number of benzene rings is 1. The zero-order valence-corrected chi connectivity index (χ0v) is 15.6. The summed E-state index contributed by atoms with van der Waals surface area (Å²) in [5.41, 5.74) is 2.04. The standard InChI is InChI=1S/C18H14ClN5OS/c1-11-15(16(19)24(22-11)13-6-4-3-5-7-13)10-20-23-12(2)21-17-14(18(23)25)8-9-26-17/h3-10H,1-2H3/b20-10-. The van der Waals surface area contributed by atoms with Crippen molar-refractivity contribution in [3.05, 3.63) is 74.4 Å². The molecule has 4 aromatic rings. The maximum Gasteiger partial charge on any atom is 0.282 e. The number of hydrogen-bond acceptors (Lipinski definition) is 5. The third-order valence-electron chi connectivity index (χ3n) is 3.99. The Hall–Kier alpha value is -2.77. The number of thiophene rings is 1. The molecule has 4 rings (SSSR count). The molecule has 26 heavy (non-hydrogen) atoms. The number of halogens is 1. The molecule has 0 unspecified atom stereocenters. The largest absolute Gasteiger partial charge is 0.282 e. The molecule has 6 nitrogen and oxygen atoms in total. The fourth-order valence-corrected chi connectivity index (χ4v) is 3.78. The SMILES string of the molecule is Cc1nn(-c2ccccc2)c(Cl)c1/C=N\n1c(C)nc2sccc2c1=O. The summed E-state index contributed by atoms with van der Waals surface area (Å²) in [6, 6.07) is 11.4. The van der Waals surface area contributed by atoms with Gasteiger partial charge in [-0.15, -0.1) is 11.3 Å². The van der Waals surface area contributed by atoms with Gasteiger partial charge in [-0.1, -0.05) is 29.8 Å². The molecule has 0 amide bonds. The van der Waals surface area contributed by atoms with Crippen molar-refractivity contribution in [2.75, 3.05) is 0 Å². The van der Waals surface area contributed by atoms with Crippen molar-refractivity contribution < 1.29 is 0 Å². The number of rotatable bonds is 3. The van der Waals surface area contributed by atoms with Gasteiger partial charge in [0, 0.05) is 0 Å². The molecule has 0 aliphatic heterocycles. The highest BCUT2D eigenvalue weighted by molar-refractivity contribution is 7.16.